The number of nitrogen functional groups attached to an aromatic ring is 1. The summed E-state index contributed by atoms with van der Waals surface area (Å²) in [4.78, 5) is 17.4. The highest BCUT2D eigenvalue weighted by atomic mass is 15.2. The molecule has 4 aromatic rings. The lowest BCUT2D eigenvalue weighted by atomic mass is 10.1. The molecule has 0 unspecified atom stereocenters. The molecule has 5 N–H and O–H groups in total. The van der Waals surface area contributed by atoms with Crippen molar-refractivity contribution in [1.29, 1.82) is 0 Å². The van der Waals surface area contributed by atoms with Crippen molar-refractivity contribution in [3.63, 3.8) is 0 Å². The Hall–Kier alpha value is -3.65. The van der Waals surface area contributed by atoms with E-state index >= 15 is 0 Å². The summed E-state index contributed by atoms with van der Waals surface area (Å²) in [5.74, 6) is 1.27. The largest absolute Gasteiger partial charge is 0.382 e. The van der Waals surface area contributed by atoms with Crippen LogP contribution in [0.3, 0.4) is 0 Å². The first kappa shape index (κ1) is 15.9. The molecule has 0 spiro atoms. The topological polar surface area (TPSA) is 132 Å². The van der Waals surface area contributed by atoms with Crippen LogP contribution in [0.5, 0.6) is 0 Å². The number of nitrogens with two attached hydrogens (primary N) is 2. The first-order valence-electron chi connectivity index (χ1n) is 7.99. The van der Waals surface area contributed by atoms with Gasteiger partial charge in [0.05, 0.1) is 11.9 Å². The average molecular weight is 354 g/mol. The molecule has 0 aliphatic rings. The normalized spacial score (nSPS) is 10.8. The van der Waals surface area contributed by atoms with Crippen LogP contribution in [-0.4, -0.2) is 30.1 Å². The minimum Gasteiger partial charge on any atom is -0.382 e. The molecule has 0 saturated carbocycles. The quantitative estimate of drug-likeness (QED) is 0.512. The molecule has 138 valence electrons. The number of aromatic nitrogens is 6. The minimum atomic E-state index is 0. The Labute approximate surface area is 156 Å². The zero-order valence-corrected chi connectivity index (χ0v) is 13.8. The van der Waals surface area contributed by atoms with E-state index in [9.17, 15) is 0 Å². The zero-order chi connectivity index (χ0) is 17.9. The summed E-state index contributed by atoms with van der Waals surface area (Å²) in [6.07, 6.45) is 5.03. The van der Waals surface area contributed by atoms with Crippen LogP contribution in [0.2, 0.25) is 0 Å². The molecular weight excluding hydrogens is 328 g/mol. The van der Waals surface area contributed by atoms with Crippen LogP contribution in [0, 0.1) is 0 Å². The standard InChI is InChI=1S/C18H16N8.5H2/c19-8-11-3-1-4-12(7-11)17-24-18(26-25-17)15-16(20)22-10-14(23-15)13-5-2-6-21-9-13;;;;;/h1-7,9-10H,8,19H2,(H2,20,22)(H,24,25,26);5*1H. The van der Waals surface area contributed by atoms with E-state index in [-0.39, 0.29) is 13.0 Å². The molecule has 0 fully saturated rings. The molecule has 0 aliphatic carbocycles. The average Bonchev–Trinajstić information content (AvgIpc) is 3.19. The van der Waals surface area contributed by atoms with Crippen molar-refractivity contribution in [2.24, 2.45) is 5.73 Å². The van der Waals surface area contributed by atoms with Gasteiger partial charge in [-0.1, -0.05) is 18.2 Å². The van der Waals surface area contributed by atoms with Gasteiger partial charge in [0.1, 0.15) is 5.69 Å². The van der Waals surface area contributed by atoms with E-state index in [4.69, 9.17) is 11.5 Å². The number of hydrogen-bond donors (Lipinski definition) is 3. The van der Waals surface area contributed by atoms with E-state index in [0.717, 1.165) is 16.7 Å². The summed E-state index contributed by atoms with van der Waals surface area (Å²) < 4.78 is 0. The number of aromatic amines is 1. The third-order valence-electron chi connectivity index (χ3n) is 3.89. The lowest BCUT2D eigenvalue weighted by Crippen LogP contribution is -2.00. The van der Waals surface area contributed by atoms with Crippen molar-refractivity contribution < 1.29 is 7.13 Å². The fourth-order valence-corrected chi connectivity index (χ4v) is 2.56. The predicted octanol–water partition coefficient (Wildman–Crippen LogP) is 3.26. The van der Waals surface area contributed by atoms with Gasteiger partial charge >= 0.3 is 0 Å². The molecule has 0 aliphatic heterocycles. The van der Waals surface area contributed by atoms with Gasteiger partial charge in [-0.05, 0) is 23.8 Å². The van der Waals surface area contributed by atoms with Gasteiger partial charge < -0.3 is 11.5 Å². The van der Waals surface area contributed by atoms with Crippen molar-refractivity contribution in [2.45, 2.75) is 6.54 Å². The molecular formula is C18H26N8. The van der Waals surface area contributed by atoms with Gasteiger partial charge in [0.25, 0.3) is 0 Å². The van der Waals surface area contributed by atoms with Crippen LogP contribution in [0.1, 0.15) is 12.7 Å². The zero-order valence-electron chi connectivity index (χ0n) is 13.8. The summed E-state index contributed by atoms with van der Waals surface area (Å²) in [5, 5.41) is 7.16. The molecule has 4 rings (SSSR count). The van der Waals surface area contributed by atoms with Gasteiger partial charge in [-0.25, -0.2) is 15.0 Å². The first-order chi connectivity index (χ1) is 12.7. The lowest BCUT2D eigenvalue weighted by Gasteiger charge is -2.04. The van der Waals surface area contributed by atoms with Crippen LogP contribution in [0.25, 0.3) is 34.2 Å². The Bertz CT molecular complexity index is 1060. The molecule has 0 amide bonds. The Morgan fingerprint density at radius 1 is 1.04 bits per heavy atom. The van der Waals surface area contributed by atoms with Crippen LogP contribution >= 0.6 is 0 Å². The van der Waals surface area contributed by atoms with Gasteiger partial charge in [0.15, 0.2) is 17.5 Å². The Morgan fingerprint density at radius 2 is 1.92 bits per heavy atom. The molecule has 0 radical (unpaired) electrons. The van der Waals surface area contributed by atoms with Crippen LogP contribution in [-0.2, 0) is 6.54 Å². The van der Waals surface area contributed by atoms with E-state index in [1.165, 1.54) is 0 Å². The van der Waals surface area contributed by atoms with Crippen molar-refractivity contribution in [3.05, 3.63) is 60.6 Å². The van der Waals surface area contributed by atoms with Gasteiger partial charge in [-0.2, -0.15) is 5.10 Å². The molecule has 3 aromatic heterocycles. The number of anilines is 1. The number of pyridine rings is 1. The van der Waals surface area contributed by atoms with E-state index in [2.05, 4.69) is 30.1 Å². The number of H-pyrrole nitrogens is 1. The molecule has 0 bridgehead atoms. The summed E-state index contributed by atoms with van der Waals surface area (Å²) in [7, 11) is 0. The van der Waals surface area contributed by atoms with Crippen LogP contribution < -0.4 is 11.5 Å². The highest BCUT2D eigenvalue weighted by molar-refractivity contribution is 5.70. The van der Waals surface area contributed by atoms with Crippen molar-refractivity contribution in [2.75, 3.05) is 5.73 Å². The highest BCUT2D eigenvalue weighted by Crippen LogP contribution is 2.25. The molecule has 0 saturated heterocycles. The smallest absolute Gasteiger partial charge is 0.181 e. The summed E-state index contributed by atoms with van der Waals surface area (Å²) in [5.41, 5.74) is 15.5. The van der Waals surface area contributed by atoms with Crippen LogP contribution in [0.4, 0.5) is 5.82 Å². The second kappa shape index (κ2) is 6.69. The van der Waals surface area contributed by atoms with Gasteiger partial charge in [0, 0.05) is 37.2 Å². The first-order valence-corrected chi connectivity index (χ1v) is 7.99. The van der Waals surface area contributed by atoms with Crippen LogP contribution in [0.15, 0.2) is 55.0 Å². The maximum atomic E-state index is 6.00. The Kier molecular flexibility index (Phi) is 4.08. The van der Waals surface area contributed by atoms with Gasteiger partial charge in [-0.15, -0.1) is 0 Å². The van der Waals surface area contributed by atoms with Crippen molar-refractivity contribution in [1.82, 2.24) is 30.1 Å². The SMILES string of the molecule is NCc1cccc(-c2n[nH]c(-c3nc(-c4cccnc4)cnc3N)n2)c1.[HH].[HH].[HH].[HH].[HH]. The summed E-state index contributed by atoms with van der Waals surface area (Å²) >= 11 is 0. The molecule has 26 heavy (non-hydrogen) atoms. The summed E-state index contributed by atoms with van der Waals surface area (Å²) in [6.45, 7) is 0.455. The molecule has 8 heteroatoms. The third kappa shape index (κ3) is 3.01. The minimum absolute atomic E-state index is 0. The molecule has 1 aromatic carbocycles. The maximum Gasteiger partial charge on any atom is 0.181 e. The van der Waals surface area contributed by atoms with Gasteiger partial charge in [-0.3, -0.25) is 10.1 Å². The second-order valence-corrected chi connectivity index (χ2v) is 5.64. The van der Waals surface area contributed by atoms with Crippen molar-refractivity contribution >= 4 is 5.82 Å². The second-order valence-electron chi connectivity index (χ2n) is 5.64. The number of benzene rings is 1. The fraction of sp³-hybridized carbons (Fsp3) is 0.0556. The van der Waals surface area contributed by atoms with Crippen molar-refractivity contribution in [3.8, 4) is 34.2 Å². The lowest BCUT2D eigenvalue weighted by molar-refractivity contribution is 1.06. The fourth-order valence-electron chi connectivity index (χ4n) is 2.56. The predicted molar refractivity (Wildman–Crippen MR) is 109 cm³/mol. The number of nitrogens with zero attached hydrogens (tertiary/aromatic N) is 5. The van der Waals surface area contributed by atoms with E-state index < -0.39 is 0 Å². The molecule has 3 heterocycles. The van der Waals surface area contributed by atoms with E-state index in [1.54, 1.807) is 18.6 Å². The number of rotatable bonds is 4. The highest BCUT2D eigenvalue weighted by Gasteiger charge is 2.14. The number of hydrogen-bond acceptors (Lipinski definition) is 7. The molecule has 0 atom stereocenters. The molecule has 8 nitrogen and oxygen atoms in total. The van der Waals surface area contributed by atoms with Gasteiger partial charge in [0.2, 0.25) is 0 Å². The maximum absolute atomic E-state index is 6.00. The van der Waals surface area contributed by atoms with E-state index in [1.807, 2.05) is 36.4 Å². The Balaban J connectivity index is 0. The van der Waals surface area contributed by atoms with E-state index in [0.29, 0.717) is 29.6 Å². The summed E-state index contributed by atoms with van der Waals surface area (Å²) in [6, 6.07) is 11.5. The Morgan fingerprint density at radius 3 is 2.73 bits per heavy atom. The third-order valence-corrected chi connectivity index (χ3v) is 3.89. The monoisotopic (exact) mass is 354 g/mol. The number of nitrogens with one attached hydrogen (secondary N) is 1.